The zero-order chi connectivity index (χ0) is 29.4. The van der Waals surface area contributed by atoms with Gasteiger partial charge in [-0.2, -0.15) is 0 Å². The number of amides is 2. The number of carbonyl (C=O) groups is 2. The number of hydrogen-bond acceptors (Lipinski definition) is 5. The summed E-state index contributed by atoms with van der Waals surface area (Å²) in [6, 6.07) is 21.7. The lowest BCUT2D eigenvalue weighted by atomic mass is 10.1. The summed E-state index contributed by atoms with van der Waals surface area (Å²) < 4.78 is 34.4. The van der Waals surface area contributed by atoms with Gasteiger partial charge < -0.3 is 15.0 Å². The van der Waals surface area contributed by atoms with Crippen molar-refractivity contribution in [2.75, 3.05) is 17.5 Å². The van der Waals surface area contributed by atoms with E-state index >= 15 is 0 Å². The number of anilines is 1. The molecule has 0 unspecified atom stereocenters. The molecule has 1 atom stereocenters. The van der Waals surface area contributed by atoms with E-state index in [1.165, 1.54) is 17.0 Å². The first-order valence-corrected chi connectivity index (χ1v) is 15.6. The highest BCUT2D eigenvalue weighted by molar-refractivity contribution is 7.92. The highest BCUT2D eigenvalue weighted by Gasteiger charge is 2.33. The van der Waals surface area contributed by atoms with Crippen LogP contribution in [0, 0.1) is 6.92 Å². The first kappa shape index (κ1) is 30.1. The monoisotopic (exact) mass is 577 g/mol. The molecule has 1 fully saturated rings. The molecule has 1 aliphatic carbocycles. The first-order valence-electron chi connectivity index (χ1n) is 14.1. The molecule has 0 heterocycles. The fraction of sp³-hybridized carbons (Fsp3) is 0.375. The van der Waals surface area contributed by atoms with E-state index in [1.54, 1.807) is 49.4 Å². The Balaban J connectivity index is 1.67. The lowest BCUT2D eigenvalue weighted by Crippen LogP contribution is -2.52. The van der Waals surface area contributed by atoms with Gasteiger partial charge in [-0.1, -0.05) is 60.9 Å². The molecule has 0 aromatic heterocycles. The average molecular weight is 578 g/mol. The predicted molar refractivity (Wildman–Crippen MR) is 160 cm³/mol. The van der Waals surface area contributed by atoms with Crippen LogP contribution in [0.3, 0.4) is 0 Å². The summed E-state index contributed by atoms with van der Waals surface area (Å²) in [6.07, 6.45) is 3.98. The minimum atomic E-state index is -4.11. The van der Waals surface area contributed by atoms with Crippen LogP contribution in [0.5, 0.6) is 5.75 Å². The molecule has 41 heavy (non-hydrogen) atoms. The molecule has 1 saturated carbocycles. The maximum absolute atomic E-state index is 14.1. The zero-order valence-corrected chi connectivity index (χ0v) is 24.8. The van der Waals surface area contributed by atoms with Crippen LogP contribution < -0.4 is 14.4 Å². The van der Waals surface area contributed by atoms with Crippen molar-refractivity contribution < 1.29 is 22.7 Å². The normalized spacial score (nSPS) is 14.3. The Morgan fingerprint density at radius 1 is 0.976 bits per heavy atom. The fourth-order valence-electron chi connectivity index (χ4n) is 5.11. The molecular weight excluding hydrogens is 538 g/mol. The van der Waals surface area contributed by atoms with Gasteiger partial charge in [0.25, 0.3) is 10.0 Å². The van der Waals surface area contributed by atoms with Crippen molar-refractivity contribution in [2.24, 2.45) is 0 Å². The van der Waals surface area contributed by atoms with Crippen molar-refractivity contribution in [1.29, 1.82) is 0 Å². The second-order valence-corrected chi connectivity index (χ2v) is 12.3. The summed E-state index contributed by atoms with van der Waals surface area (Å²) in [5.41, 5.74) is 2.21. The van der Waals surface area contributed by atoms with Crippen LogP contribution in [0.4, 0.5) is 5.69 Å². The first-order chi connectivity index (χ1) is 19.7. The largest absolute Gasteiger partial charge is 0.494 e. The number of carbonyl (C=O) groups excluding carboxylic acids is 2. The Morgan fingerprint density at radius 2 is 1.66 bits per heavy atom. The Bertz CT molecular complexity index is 1420. The fourth-order valence-corrected chi connectivity index (χ4v) is 6.54. The van der Waals surface area contributed by atoms with Crippen LogP contribution in [-0.2, 0) is 26.2 Å². The van der Waals surface area contributed by atoms with Crippen LogP contribution in [0.25, 0.3) is 0 Å². The molecule has 9 heteroatoms. The number of nitrogens with zero attached hydrogens (tertiary/aromatic N) is 2. The van der Waals surface area contributed by atoms with Crippen LogP contribution in [0.1, 0.15) is 50.7 Å². The van der Waals surface area contributed by atoms with Crippen LogP contribution in [0.2, 0.25) is 0 Å². The van der Waals surface area contributed by atoms with Crippen molar-refractivity contribution in [3.05, 3.63) is 90.0 Å². The lowest BCUT2D eigenvalue weighted by Gasteiger charge is -2.32. The average Bonchev–Trinajstić information content (AvgIpc) is 3.48. The van der Waals surface area contributed by atoms with Gasteiger partial charge in [0.1, 0.15) is 18.3 Å². The predicted octanol–water partition coefficient (Wildman–Crippen LogP) is 5.07. The third kappa shape index (κ3) is 7.67. The molecule has 2 amide bonds. The van der Waals surface area contributed by atoms with Gasteiger partial charge in [-0.15, -0.1) is 0 Å². The second-order valence-electron chi connectivity index (χ2n) is 10.4. The maximum atomic E-state index is 14.1. The summed E-state index contributed by atoms with van der Waals surface area (Å²) in [7, 11) is -4.11. The van der Waals surface area contributed by atoms with Gasteiger partial charge in [-0.25, -0.2) is 8.42 Å². The van der Waals surface area contributed by atoms with Crippen LogP contribution in [-0.4, -0.2) is 50.4 Å². The van der Waals surface area contributed by atoms with Gasteiger partial charge in [0.05, 0.1) is 17.2 Å². The molecule has 1 aliphatic rings. The second kappa shape index (κ2) is 13.7. The van der Waals surface area contributed by atoms with E-state index in [0.717, 1.165) is 41.1 Å². The SMILES string of the molecule is CCOc1ccc(N(CC(=O)N(Cc2cccc(C)c2)[C@@H](C)C(=O)NC2CCCC2)S(=O)(=O)c2ccccc2)cc1. The third-order valence-corrected chi connectivity index (χ3v) is 9.14. The molecule has 218 valence electrons. The number of ether oxygens (including phenoxy) is 1. The molecule has 1 N–H and O–H groups in total. The summed E-state index contributed by atoms with van der Waals surface area (Å²) >= 11 is 0. The van der Waals surface area contributed by atoms with Crippen LogP contribution in [0.15, 0.2) is 83.8 Å². The maximum Gasteiger partial charge on any atom is 0.264 e. The third-order valence-electron chi connectivity index (χ3n) is 7.35. The quantitative estimate of drug-likeness (QED) is 0.325. The van der Waals surface area contributed by atoms with Crippen molar-refractivity contribution >= 4 is 27.5 Å². The molecule has 8 nitrogen and oxygen atoms in total. The van der Waals surface area contributed by atoms with Gasteiger partial charge in [0, 0.05) is 12.6 Å². The van der Waals surface area contributed by atoms with Crippen molar-refractivity contribution in [2.45, 2.75) is 70.0 Å². The summed E-state index contributed by atoms with van der Waals surface area (Å²) in [5.74, 6) is -0.122. The Labute approximate surface area is 243 Å². The highest BCUT2D eigenvalue weighted by Crippen LogP contribution is 2.27. The van der Waals surface area contributed by atoms with Gasteiger partial charge in [0.15, 0.2) is 0 Å². The van der Waals surface area contributed by atoms with Crippen molar-refractivity contribution in [3.63, 3.8) is 0 Å². The number of nitrogens with one attached hydrogen (secondary N) is 1. The molecule has 3 aromatic carbocycles. The smallest absolute Gasteiger partial charge is 0.264 e. The molecule has 0 spiro atoms. The van der Waals surface area contributed by atoms with E-state index < -0.39 is 28.5 Å². The molecule has 4 rings (SSSR count). The molecule has 0 aliphatic heterocycles. The zero-order valence-electron chi connectivity index (χ0n) is 24.0. The van der Waals surface area contributed by atoms with E-state index in [9.17, 15) is 18.0 Å². The Hall–Kier alpha value is -3.85. The van der Waals surface area contributed by atoms with Crippen molar-refractivity contribution in [1.82, 2.24) is 10.2 Å². The Kier molecular flexibility index (Phi) is 10.0. The van der Waals surface area contributed by atoms with E-state index in [1.807, 2.05) is 38.1 Å². The molecule has 0 saturated heterocycles. The summed E-state index contributed by atoms with van der Waals surface area (Å²) in [5, 5.41) is 3.09. The molecule has 3 aromatic rings. The lowest BCUT2D eigenvalue weighted by molar-refractivity contribution is -0.139. The standard InChI is InChI=1S/C32H39N3O5S/c1-4-40-29-19-17-28(18-20-29)35(41(38,39)30-15-6-5-7-16-30)23-31(36)34(22-26-12-10-11-24(2)21-26)25(3)32(37)33-27-13-8-9-14-27/h5-7,10-12,15-21,25,27H,4,8-9,13-14,22-23H2,1-3H3,(H,33,37)/t25-/m0/s1. The molecule has 0 bridgehead atoms. The summed E-state index contributed by atoms with van der Waals surface area (Å²) in [6.45, 7) is 5.70. The Morgan fingerprint density at radius 3 is 2.29 bits per heavy atom. The minimum Gasteiger partial charge on any atom is -0.494 e. The highest BCUT2D eigenvalue weighted by atomic mass is 32.2. The van der Waals surface area contributed by atoms with Gasteiger partial charge in [0.2, 0.25) is 11.8 Å². The number of rotatable bonds is 12. The van der Waals surface area contributed by atoms with E-state index in [-0.39, 0.29) is 23.4 Å². The van der Waals surface area contributed by atoms with E-state index in [4.69, 9.17) is 4.74 Å². The van der Waals surface area contributed by atoms with Gasteiger partial charge in [-0.3, -0.25) is 13.9 Å². The number of sulfonamides is 1. The topological polar surface area (TPSA) is 96.0 Å². The van der Waals surface area contributed by atoms with Gasteiger partial charge >= 0.3 is 0 Å². The number of benzene rings is 3. The van der Waals surface area contributed by atoms with Crippen molar-refractivity contribution in [3.8, 4) is 5.75 Å². The van der Waals surface area contributed by atoms with E-state index in [0.29, 0.717) is 18.0 Å². The summed E-state index contributed by atoms with van der Waals surface area (Å²) in [4.78, 5) is 28.9. The minimum absolute atomic E-state index is 0.0685. The molecular formula is C32H39N3O5S. The number of aryl methyl sites for hydroxylation is 1. The molecule has 0 radical (unpaired) electrons. The van der Waals surface area contributed by atoms with E-state index in [2.05, 4.69) is 5.32 Å². The van der Waals surface area contributed by atoms with Gasteiger partial charge in [-0.05, 0) is 75.6 Å². The number of hydrogen-bond donors (Lipinski definition) is 1. The van der Waals surface area contributed by atoms with Crippen LogP contribution >= 0.6 is 0 Å².